The van der Waals surface area contributed by atoms with Crippen molar-refractivity contribution in [2.45, 2.75) is 20.0 Å². The normalized spacial score (nSPS) is 11.7. The minimum absolute atomic E-state index is 0.0313. The van der Waals surface area contributed by atoms with E-state index in [-0.39, 0.29) is 11.3 Å². The number of halogens is 1. The van der Waals surface area contributed by atoms with Crippen molar-refractivity contribution in [3.63, 3.8) is 0 Å². The number of hydrogen-bond donors (Lipinski definition) is 1. The molecule has 0 saturated carbocycles. The molecule has 106 valence electrons. The van der Waals surface area contributed by atoms with Crippen LogP contribution in [0.5, 0.6) is 16.8 Å². The first-order chi connectivity index (χ1) is 9.58. The van der Waals surface area contributed by atoms with E-state index >= 15 is 0 Å². The van der Waals surface area contributed by atoms with E-state index in [0.29, 0.717) is 21.7 Å². The minimum Gasteiger partial charge on any atom is -0.475 e. The molecule has 0 atom stereocenters. The van der Waals surface area contributed by atoms with Gasteiger partial charge in [-0.25, -0.2) is 9.97 Å². The summed E-state index contributed by atoms with van der Waals surface area (Å²) in [6.07, 6.45) is 3.07. The van der Waals surface area contributed by atoms with Crippen LogP contribution >= 0.6 is 22.9 Å². The van der Waals surface area contributed by atoms with E-state index in [9.17, 15) is 0 Å². The summed E-state index contributed by atoms with van der Waals surface area (Å²) in [6.45, 7) is 3.85. The zero-order chi connectivity index (χ0) is 14.5. The van der Waals surface area contributed by atoms with Crippen molar-refractivity contribution in [1.29, 1.82) is 0 Å². The number of ether oxygens (including phenoxy) is 2. The Bertz CT molecular complexity index is 598. The van der Waals surface area contributed by atoms with Gasteiger partial charge in [-0.15, -0.1) is 0 Å². The van der Waals surface area contributed by atoms with E-state index in [0.717, 1.165) is 11.3 Å². The molecule has 0 saturated heterocycles. The molecule has 0 spiro atoms. The molecule has 2 rings (SSSR count). The maximum atomic E-state index is 8.56. The Hall–Kier alpha value is -1.86. The summed E-state index contributed by atoms with van der Waals surface area (Å²) in [6, 6.07) is 3.44. The van der Waals surface area contributed by atoms with Gasteiger partial charge in [-0.05, 0) is 19.9 Å². The average molecular weight is 314 g/mol. The van der Waals surface area contributed by atoms with Gasteiger partial charge in [0.15, 0.2) is 5.17 Å². The summed E-state index contributed by atoms with van der Waals surface area (Å²) in [5, 5.41) is 11.8. The number of pyridine rings is 1. The zero-order valence-electron chi connectivity index (χ0n) is 10.8. The molecule has 0 aliphatic carbocycles. The Morgan fingerprint density at radius 3 is 2.75 bits per heavy atom. The van der Waals surface area contributed by atoms with Crippen LogP contribution in [0.25, 0.3) is 0 Å². The highest BCUT2D eigenvalue weighted by Crippen LogP contribution is 2.27. The molecule has 0 unspecified atom stereocenters. The van der Waals surface area contributed by atoms with Gasteiger partial charge < -0.3 is 14.7 Å². The second-order valence-corrected chi connectivity index (χ2v) is 5.33. The lowest BCUT2D eigenvalue weighted by atomic mass is 10.4. The van der Waals surface area contributed by atoms with Gasteiger partial charge in [-0.3, -0.25) is 0 Å². The van der Waals surface area contributed by atoms with Crippen molar-refractivity contribution in [3.8, 4) is 16.8 Å². The number of thiazole rings is 1. The third-order valence-electron chi connectivity index (χ3n) is 2.05. The Morgan fingerprint density at radius 2 is 2.15 bits per heavy atom. The first-order valence-corrected chi connectivity index (χ1v) is 6.92. The Balaban J connectivity index is 2.04. The van der Waals surface area contributed by atoms with Crippen LogP contribution in [0.15, 0.2) is 29.7 Å². The minimum atomic E-state index is -0.0313. The second kappa shape index (κ2) is 6.53. The van der Waals surface area contributed by atoms with Crippen molar-refractivity contribution >= 4 is 28.1 Å². The first-order valence-electron chi connectivity index (χ1n) is 5.73. The molecule has 2 aromatic heterocycles. The Kier molecular flexibility index (Phi) is 4.75. The Morgan fingerprint density at radius 1 is 1.35 bits per heavy atom. The third-order valence-corrected chi connectivity index (χ3v) is 3.32. The van der Waals surface area contributed by atoms with Crippen molar-refractivity contribution in [2.75, 3.05) is 0 Å². The third kappa shape index (κ3) is 3.82. The van der Waals surface area contributed by atoms with Crippen LogP contribution < -0.4 is 9.47 Å². The molecule has 0 fully saturated rings. The number of nitrogens with zero attached hydrogens (tertiary/aromatic N) is 3. The lowest BCUT2D eigenvalue weighted by Crippen LogP contribution is -2.06. The fraction of sp³-hybridized carbons (Fsp3) is 0.250. The number of hydrogen-bond acceptors (Lipinski definition) is 7. The van der Waals surface area contributed by atoms with Crippen LogP contribution in [0.1, 0.15) is 18.7 Å². The fourth-order valence-corrected chi connectivity index (χ4v) is 2.12. The predicted octanol–water partition coefficient (Wildman–Crippen LogP) is 3.49. The molecule has 1 N–H and O–H groups in total. The van der Waals surface area contributed by atoms with Crippen molar-refractivity contribution in [1.82, 2.24) is 9.97 Å². The quantitative estimate of drug-likeness (QED) is 0.519. The van der Waals surface area contributed by atoms with Crippen LogP contribution in [0, 0.1) is 0 Å². The van der Waals surface area contributed by atoms with Crippen molar-refractivity contribution in [2.24, 2.45) is 5.16 Å². The second-order valence-electron chi connectivity index (χ2n) is 3.98. The summed E-state index contributed by atoms with van der Waals surface area (Å²) in [7, 11) is 0. The van der Waals surface area contributed by atoms with Gasteiger partial charge in [-0.2, -0.15) is 0 Å². The van der Waals surface area contributed by atoms with Gasteiger partial charge in [0.25, 0.3) is 5.19 Å². The van der Waals surface area contributed by atoms with Crippen molar-refractivity contribution in [3.05, 3.63) is 29.4 Å². The van der Waals surface area contributed by atoms with Gasteiger partial charge in [0.2, 0.25) is 5.88 Å². The molecular formula is C12H12ClN3O3S. The molecule has 0 bridgehead atoms. The van der Waals surface area contributed by atoms with E-state index in [1.165, 1.54) is 6.20 Å². The molecule has 6 nitrogen and oxygen atoms in total. The SMILES string of the molecule is CC(C)Oc1ccc(Oc2ncc(C(Cl)=NO)s2)cn1. The average Bonchev–Trinajstić information content (AvgIpc) is 2.88. The van der Waals surface area contributed by atoms with Gasteiger partial charge in [0.05, 0.1) is 23.4 Å². The number of oxime groups is 1. The van der Waals surface area contributed by atoms with Crippen LogP contribution in [0.2, 0.25) is 0 Å². The lowest BCUT2D eigenvalue weighted by molar-refractivity contribution is 0.232. The fourth-order valence-electron chi connectivity index (χ4n) is 1.29. The maximum absolute atomic E-state index is 8.56. The van der Waals surface area contributed by atoms with Crippen LogP contribution in [-0.2, 0) is 0 Å². The monoisotopic (exact) mass is 313 g/mol. The van der Waals surface area contributed by atoms with E-state index < -0.39 is 0 Å². The lowest BCUT2D eigenvalue weighted by Gasteiger charge is -2.08. The molecule has 0 aliphatic heterocycles. The first kappa shape index (κ1) is 14.5. The van der Waals surface area contributed by atoms with Gasteiger partial charge in [0, 0.05) is 6.07 Å². The summed E-state index contributed by atoms with van der Waals surface area (Å²) in [5.41, 5.74) is 0. The molecule has 0 aliphatic rings. The molecule has 0 radical (unpaired) electrons. The van der Waals surface area contributed by atoms with Gasteiger partial charge in [-0.1, -0.05) is 28.1 Å². The van der Waals surface area contributed by atoms with Crippen LogP contribution in [0.4, 0.5) is 0 Å². The molecule has 8 heteroatoms. The van der Waals surface area contributed by atoms with E-state index in [4.69, 9.17) is 26.3 Å². The highest BCUT2D eigenvalue weighted by molar-refractivity contribution is 7.17. The summed E-state index contributed by atoms with van der Waals surface area (Å²) >= 11 is 6.82. The molecular weight excluding hydrogens is 302 g/mol. The molecule has 0 aromatic carbocycles. The highest BCUT2D eigenvalue weighted by atomic mass is 35.5. The predicted molar refractivity (Wildman–Crippen MR) is 76.4 cm³/mol. The van der Waals surface area contributed by atoms with E-state index in [1.54, 1.807) is 18.3 Å². The Labute approximate surface area is 124 Å². The molecule has 20 heavy (non-hydrogen) atoms. The maximum Gasteiger partial charge on any atom is 0.279 e. The molecule has 2 aromatic rings. The van der Waals surface area contributed by atoms with Gasteiger partial charge in [0.1, 0.15) is 5.75 Å². The molecule has 0 amide bonds. The number of aromatic nitrogens is 2. The van der Waals surface area contributed by atoms with Gasteiger partial charge >= 0.3 is 0 Å². The zero-order valence-corrected chi connectivity index (χ0v) is 12.4. The highest BCUT2D eigenvalue weighted by Gasteiger charge is 2.09. The summed E-state index contributed by atoms with van der Waals surface area (Å²) in [5.74, 6) is 1.06. The van der Waals surface area contributed by atoms with Crippen LogP contribution in [0.3, 0.4) is 0 Å². The van der Waals surface area contributed by atoms with Crippen molar-refractivity contribution < 1.29 is 14.7 Å². The standard InChI is InChI=1S/C12H12ClN3O3S/c1-7(2)18-10-4-3-8(5-14-10)19-12-15-6-9(20-12)11(13)16-17/h3-7,17H,1-2H3. The number of rotatable bonds is 5. The topological polar surface area (TPSA) is 76.8 Å². The molecule has 2 heterocycles. The summed E-state index contributed by atoms with van der Waals surface area (Å²) in [4.78, 5) is 8.64. The largest absolute Gasteiger partial charge is 0.475 e. The van der Waals surface area contributed by atoms with E-state index in [2.05, 4.69) is 15.1 Å². The smallest absolute Gasteiger partial charge is 0.279 e. The van der Waals surface area contributed by atoms with Crippen LogP contribution in [-0.4, -0.2) is 26.5 Å². The van der Waals surface area contributed by atoms with E-state index in [1.807, 2.05) is 13.8 Å². The summed E-state index contributed by atoms with van der Waals surface area (Å²) < 4.78 is 10.9.